The molecule has 0 aromatic carbocycles. The van der Waals surface area contributed by atoms with E-state index in [2.05, 4.69) is 47.0 Å². The summed E-state index contributed by atoms with van der Waals surface area (Å²) in [6.45, 7) is 0.723. The van der Waals surface area contributed by atoms with E-state index in [1.165, 1.54) is 13.8 Å². The van der Waals surface area contributed by atoms with Crippen molar-refractivity contribution in [2.75, 3.05) is 37.8 Å². The number of nitrogen functional groups attached to an aromatic ring is 1. The number of aliphatic hydroxyl groups is 2. The number of anilines is 1. The summed E-state index contributed by atoms with van der Waals surface area (Å²) < 4.78 is 61.7. The van der Waals surface area contributed by atoms with E-state index in [-0.39, 0.29) is 35.9 Å². The van der Waals surface area contributed by atoms with Crippen LogP contribution in [0.5, 0.6) is 0 Å². The lowest BCUT2D eigenvalue weighted by Gasteiger charge is -2.30. The monoisotopic (exact) mass is 767 g/mol. The van der Waals surface area contributed by atoms with Crippen LogP contribution in [0.1, 0.15) is 26.5 Å². The molecule has 2 aromatic rings. The number of phosphoric acid groups is 3. The number of phosphoric ester groups is 3. The highest BCUT2D eigenvalue weighted by molar-refractivity contribution is 7.80. The summed E-state index contributed by atoms with van der Waals surface area (Å²) in [6.07, 6.45) is -6.74. The second-order valence-electron chi connectivity index (χ2n) is 10.8. The van der Waals surface area contributed by atoms with Gasteiger partial charge in [0, 0.05) is 30.7 Å². The number of hydrogen-bond donors (Lipinski definition) is 10. The summed E-state index contributed by atoms with van der Waals surface area (Å²) >= 11 is 3.95. The van der Waals surface area contributed by atoms with Crippen LogP contribution in [-0.2, 0) is 45.9 Å². The van der Waals surface area contributed by atoms with Gasteiger partial charge in [0.1, 0.15) is 36.3 Å². The zero-order chi connectivity index (χ0) is 36.1. The lowest BCUT2D eigenvalue weighted by molar-refractivity contribution is -0.137. The minimum atomic E-state index is -5.54. The van der Waals surface area contributed by atoms with E-state index < -0.39 is 78.6 Å². The van der Waals surface area contributed by atoms with Crippen LogP contribution in [0, 0.1) is 5.41 Å². The molecule has 27 heteroatoms. The summed E-state index contributed by atoms with van der Waals surface area (Å²) in [7, 11) is -16.3. The molecule has 1 aliphatic heterocycles. The number of amides is 2. The van der Waals surface area contributed by atoms with Gasteiger partial charge in [-0.25, -0.2) is 28.6 Å². The highest BCUT2D eigenvalue weighted by atomic mass is 32.1. The average Bonchev–Trinajstić information content (AvgIpc) is 3.54. The second kappa shape index (κ2) is 16.3. The molecule has 3 rings (SSSR count). The summed E-state index contributed by atoms with van der Waals surface area (Å²) in [4.78, 5) is 74.6. The third kappa shape index (κ3) is 11.2. The topological polar surface area (TPSA) is 347 Å². The molecule has 23 nitrogen and oxygen atoms in total. The number of fused-ring (bicyclic) bond motifs is 1. The van der Waals surface area contributed by atoms with Gasteiger partial charge in [0.15, 0.2) is 17.7 Å². The largest absolute Gasteiger partial charge is 0.481 e. The maximum Gasteiger partial charge on any atom is 0.481 e. The molecule has 1 fully saturated rings. The maximum atomic E-state index is 12.6. The minimum Gasteiger partial charge on any atom is -0.386 e. The molecule has 272 valence electrons. The van der Waals surface area contributed by atoms with Gasteiger partial charge in [0.2, 0.25) is 11.8 Å². The molecule has 10 N–H and O–H groups in total. The minimum absolute atomic E-state index is 0.0363. The fraction of sp³-hybridized carbons (Fsp3) is 0.667. The SMILES string of the molecule is CC(C)(COP(=O)(O)OP(=O)(O)OC[C@H]1O[C@H](n2cnc3c(N)ncnc32)[C@@H](O)[C@H]1OP(=O)(O)O)[C@@H](O)C(=O)NCCC(=O)NCCS. The van der Waals surface area contributed by atoms with Gasteiger partial charge in [-0.2, -0.15) is 16.9 Å². The Hall–Kier alpha value is -2.11. The van der Waals surface area contributed by atoms with Crippen molar-refractivity contribution in [2.45, 2.75) is 50.9 Å². The van der Waals surface area contributed by atoms with Crippen molar-refractivity contribution in [1.82, 2.24) is 30.2 Å². The molecule has 0 radical (unpaired) electrons. The van der Waals surface area contributed by atoms with Crippen LogP contribution in [0.15, 0.2) is 12.7 Å². The molecule has 2 unspecified atom stereocenters. The zero-order valence-corrected chi connectivity index (χ0v) is 28.8. The van der Waals surface area contributed by atoms with E-state index in [0.717, 1.165) is 17.2 Å². The first-order chi connectivity index (χ1) is 22.2. The van der Waals surface area contributed by atoms with Crippen molar-refractivity contribution in [3.8, 4) is 0 Å². The maximum absolute atomic E-state index is 12.6. The van der Waals surface area contributed by atoms with Crippen molar-refractivity contribution in [1.29, 1.82) is 0 Å². The number of thiol groups is 1. The number of nitrogens with one attached hydrogen (secondary N) is 2. The van der Waals surface area contributed by atoms with Crippen LogP contribution >= 0.6 is 36.1 Å². The molecule has 0 aliphatic carbocycles. The van der Waals surface area contributed by atoms with E-state index in [9.17, 15) is 53.1 Å². The van der Waals surface area contributed by atoms with Gasteiger partial charge in [-0.1, -0.05) is 13.8 Å². The predicted octanol–water partition coefficient (Wildman–Crippen LogP) is -1.67. The molecular weight excluding hydrogens is 731 g/mol. The summed E-state index contributed by atoms with van der Waals surface area (Å²) in [5.74, 6) is -0.943. The number of ether oxygens (including phenoxy) is 1. The number of hydrogen-bond acceptors (Lipinski definition) is 17. The van der Waals surface area contributed by atoms with E-state index in [0.29, 0.717) is 12.3 Å². The number of aliphatic hydroxyl groups excluding tert-OH is 2. The molecule has 7 atom stereocenters. The Morgan fingerprint density at radius 1 is 1.10 bits per heavy atom. The van der Waals surface area contributed by atoms with Gasteiger partial charge >= 0.3 is 23.5 Å². The first kappa shape index (κ1) is 40.3. The van der Waals surface area contributed by atoms with Gasteiger partial charge in [0.25, 0.3) is 0 Å². The van der Waals surface area contributed by atoms with E-state index in [1.807, 2.05) is 0 Å². The van der Waals surface area contributed by atoms with Gasteiger partial charge in [0.05, 0.1) is 19.5 Å². The normalized spacial score (nSPS) is 23.4. The summed E-state index contributed by atoms with van der Waals surface area (Å²) in [6, 6.07) is 0. The van der Waals surface area contributed by atoms with Crippen molar-refractivity contribution < 1.29 is 75.7 Å². The summed E-state index contributed by atoms with van der Waals surface area (Å²) in [5.41, 5.74) is 4.30. The number of nitrogens with zero attached hydrogens (tertiary/aromatic N) is 4. The number of aromatic nitrogens is 4. The average molecular weight is 768 g/mol. The van der Waals surface area contributed by atoms with Crippen LogP contribution in [-0.4, -0.2) is 118 Å². The van der Waals surface area contributed by atoms with Gasteiger partial charge in [-0.15, -0.1) is 0 Å². The molecule has 2 amide bonds. The lowest BCUT2D eigenvalue weighted by Crippen LogP contribution is -2.46. The Bertz CT molecular complexity index is 1590. The van der Waals surface area contributed by atoms with Crippen LogP contribution in [0.2, 0.25) is 0 Å². The molecule has 48 heavy (non-hydrogen) atoms. The van der Waals surface area contributed by atoms with Gasteiger partial charge in [-0.3, -0.25) is 27.7 Å². The second-order valence-corrected chi connectivity index (χ2v) is 15.5. The fourth-order valence-corrected chi connectivity index (χ4v) is 7.08. The number of imidazole rings is 1. The molecule has 0 saturated carbocycles. The molecule has 1 aliphatic rings. The lowest BCUT2D eigenvalue weighted by atomic mass is 9.87. The number of carbonyl (C=O) groups is 2. The van der Waals surface area contributed by atoms with E-state index >= 15 is 0 Å². The molecule has 3 heterocycles. The van der Waals surface area contributed by atoms with Gasteiger partial charge < -0.3 is 50.9 Å². The Labute approximate surface area is 277 Å². The molecule has 2 aromatic heterocycles. The number of rotatable bonds is 18. The van der Waals surface area contributed by atoms with Crippen LogP contribution in [0.3, 0.4) is 0 Å². The molecule has 1 saturated heterocycles. The predicted molar refractivity (Wildman–Crippen MR) is 163 cm³/mol. The first-order valence-corrected chi connectivity index (χ1v) is 18.8. The Morgan fingerprint density at radius 2 is 1.77 bits per heavy atom. The van der Waals surface area contributed by atoms with E-state index in [4.69, 9.17) is 19.5 Å². The van der Waals surface area contributed by atoms with Crippen LogP contribution in [0.25, 0.3) is 11.2 Å². The number of nitrogens with two attached hydrogens (primary N) is 1. The van der Waals surface area contributed by atoms with Crippen molar-refractivity contribution >= 4 is 64.9 Å². The highest BCUT2D eigenvalue weighted by Gasteiger charge is 2.50. The Kier molecular flexibility index (Phi) is 13.7. The molecule has 0 spiro atoms. The smallest absolute Gasteiger partial charge is 0.386 e. The fourth-order valence-electron chi connectivity index (χ4n) is 4.14. The molecular formula is C21H36N7O16P3S. The zero-order valence-electron chi connectivity index (χ0n) is 25.2. The summed E-state index contributed by atoms with van der Waals surface area (Å²) in [5, 5.41) is 26.1. The van der Waals surface area contributed by atoms with Crippen molar-refractivity contribution in [3.63, 3.8) is 0 Å². The van der Waals surface area contributed by atoms with Gasteiger partial charge in [-0.05, 0) is 0 Å². The molecule has 0 bridgehead atoms. The third-order valence-corrected chi connectivity index (χ3v) is 9.83. The Morgan fingerprint density at radius 3 is 2.42 bits per heavy atom. The number of carbonyl (C=O) groups excluding carboxylic acids is 2. The standard InChI is InChI=1S/C21H36N7O16P3S/c1-21(2,16(31)19(32)24-4-3-12(29)23-5-6-48)8-41-47(38,39)44-46(36,37)40-7-11-15(43-45(33,34)35)14(30)20(42-11)28-10-27-13-17(22)25-9-26-18(13)28/h9-11,14-16,20,30-31,48H,3-8H2,1-2H3,(H,23,29)(H,24,32)(H,36,37)(H,38,39)(H2,22,25,26)(H2,33,34,35)/t11-,14+,15+,16+,20+/m1/s1. The quantitative estimate of drug-likeness (QED) is 0.0599. The van der Waals surface area contributed by atoms with Crippen LogP contribution < -0.4 is 16.4 Å². The van der Waals surface area contributed by atoms with Crippen molar-refractivity contribution in [3.05, 3.63) is 12.7 Å². The van der Waals surface area contributed by atoms with E-state index in [1.54, 1.807) is 0 Å². The van der Waals surface area contributed by atoms with Crippen molar-refractivity contribution in [2.24, 2.45) is 5.41 Å². The third-order valence-electron chi connectivity index (χ3n) is 6.51. The highest BCUT2D eigenvalue weighted by Crippen LogP contribution is 2.61. The van der Waals surface area contributed by atoms with Crippen LogP contribution in [0.4, 0.5) is 5.82 Å². The first-order valence-electron chi connectivity index (χ1n) is 13.7. The Balaban J connectivity index is 1.61.